The molecule has 2 fully saturated rings. The Kier molecular flexibility index (Phi) is 8.92. The molecule has 1 aliphatic carbocycles. The highest BCUT2D eigenvalue weighted by atomic mass is 16.6. The molecule has 2 heterocycles. The number of hydrogen-bond acceptors (Lipinski definition) is 7. The topological polar surface area (TPSA) is 130 Å². The van der Waals surface area contributed by atoms with Crippen molar-refractivity contribution in [3.8, 4) is 5.75 Å². The van der Waals surface area contributed by atoms with Crippen LogP contribution in [0.15, 0.2) is 102 Å². The standard InChI is InChI=1S/C39H37BN2O7/c1-2-9-27-21-32-37(39(45)41(38(32)44)28-12-8-13-29(22-28)42(47)48)33-23-40(46)49-35(36(27)33)19-17-25(24-10-4-3-5-11-24)20-26-16-18-34(43)31-15-7-6-14-30(26)31/h3-8,10-16,18,20,22,32-33,35,37,43,46H,2,9,17,19,21,23H2,1H3/b25-20-/t32-,33+,35-,37-/m1/s1. The zero-order valence-corrected chi connectivity index (χ0v) is 27.2. The van der Waals surface area contributed by atoms with Crippen molar-refractivity contribution in [3.63, 3.8) is 0 Å². The van der Waals surface area contributed by atoms with Crippen molar-refractivity contribution >= 4 is 52.7 Å². The molecule has 2 amide bonds. The first-order chi connectivity index (χ1) is 23.7. The Hall–Kier alpha value is -5.06. The molecule has 49 heavy (non-hydrogen) atoms. The molecule has 2 N–H and O–H groups in total. The number of nitro groups is 1. The zero-order chi connectivity index (χ0) is 34.2. The number of anilines is 1. The van der Waals surface area contributed by atoms with E-state index in [-0.39, 0.29) is 41.2 Å². The van der Waals surface area contributed by atoms with Crippen LogP contribution in [-0.2, 0) is 14.2 Å². The number of amides is 2. The molecule has 4 atom stereocenters. The average molecular weight is 657 g/mol. The van der Waals surface area contributed by atoms with Gasteiger partial charge >= 0.3 is 7.12 Å². The number of phenolic OH excluding ortho intramolecular Hbond substituents is 1. The first-order valence-electron chi connectivity index (χ1n) is 16.9. The third-order valence-electron chi connectivity index (χ3n) is 10.2. The number of imide groups is 1. The van der Waals surface area contributed by atoms with Gasteiger partial charge in [0.05, 0.1) is 28.6 Å². The van der Waals surface area contributed by atoms with Crippen molar-refractivity contribution in [3.05, 3.63) is 123 Å². The van der Waals surface area contributed by atoms with Crippen molar-refractivity contribution < 1.29 is 29.3 Å². The van der Waals surface area contributed by atoms with Crippen LogP contribution in [-0.4, -0.2) is 40.1 Å². The molecule has 0 radical (unpaired) electrons. The summed E-state index contributed by atoms with van der Waals surface area (Å²) in [5.74, 6) is -2.19. The van der Waals surface area contributed by atoms with Gasteiger partial charge in [0.2, 0.25) is 11.8 Å². The lowest BCUT2D eigenvalue weighted by Gasteiger charge is -2.43. The highest BCUT2D eigenvalue weighted by Gasteiger charge is 2.57. The summed E-state index contributed by atoms with van der Waals surface area (Å²) >= 11 is 0. The van der Waals surface area contributed by atoms with Crippen LogP contribution in [0.1, 0.15) is 50.2 Å². The van der Waals surface area contributed by atoms with E-state index in [0.717, 1.165) is 56.4 Å². The third-order valence-corrected chi connectivity index (χ3v) is 10.2. The van der Waals surface area contributed by atoms with E-state index >= 15 is 0 Å². The number of carbonyl (C=O) groups is 2. The number of aromatic hydroxyl groups is 1. The molecule has 10 heteroatoms. The Labute approximate surface area is 284 Å². The number of nitro benzene ring substituents is 1. The number of non-ortho nitro benzene ring substituents is 1. The molecule has 9 nitrogen and oxygen atoms in total. The minimum atomic E-state index is -1.11. The van der Waals surface area contributed by atoms with Crippen LogP contribution in [0.2, 0.25) is 6.32 Å². The molecule has 3 aliphatic rings. The highest BCUT2D eigenvalue weighted by molar-refractivity contribution is 6.43. The second kappa shape index (κ2) is 13.5. The summed E-state index contributed by atoms with van der Waals surface area (Å²) in [4.78, 5) is 40.0. The van der Waals surface area contributed by atoms with E-state index < -0.39 is 30.0 Å². The second-order valence-electron chi connectivity index (χ2n) is 13.1. The lowest BCUT2D eigenvalue weighted by molar-refractivity contribution is -0.384. The second-order valence-corrected chi connectivity index (χ2v) is 13.1. The van der Waals surface area contributed by atoms with Crippen molar-refractivity contribution in [1.29, 1.82) is 0 Å². The molecule has 0 spiro atoms. The minimum absolute atomic E-state index is 0.192. The number of hydrogen-bond donors (Lipinski definition) is 2. The van der Waals surface area contributed by atoms with Crippen molar-refractivity contribution in [1.82, 2.24) is 0 Å². The molecule has 0 bridgehead atoms. The number of fused-ring (bicyclic) bond motifs is 4. The van der Waals surface area contributed by atoms with Crippen LogP contribution in [0.25, 0.3) is 22.4 Å². The fourth-order valence-corrected chi connectivity index (χ4v) is 8.16. The summed E-state index contributed by atoms with van der Waals surface area (Å²) in [6.45, 7) is 2.08. The molecular weight excluding hydrogens is 619 g/mol. The van der Waals surface area contributed by atoms with Crippen LogP contribution in [0.5, 0.6) is 5.75 Å². The third kappa shape index (κ3) is 6.07. The first kappa shape index (κ1) is 32.5. The van der Waals surface area contributed by atoms with Crippen LogP contribution < -0.4 is 4.90 Å². The van der Waals surface area contributed by atoms with Gasteiger partial charge in [0.25, 0.3) is 5.69 Å². The number of allylic oxidation sites excluding steroid dienone is 2. The van der Waals surface area contributed by atoms with Gasteiger partial charge in [-0.3, -0.25) is 19.7 Å². The first-order valence-corrected chi connectivity index (χ1v) is 16.9. The highest BCUT2D eigenvalue weighted by Crippen LogP contribution is 2.52. The van der Waals surface area contributed by atoms with Gasteiger partial charge in [-0.2, -0.15) is 0 Å². The summed E-state index contributed by atoms with van der Waals surface area (Å²) in [5, 5.41) is 34.8. The smallest absolute Gasteiger partial charge is 0.455 e. The normalized spacial score (nSPS) is 22.4. The van der Waals surface area contributed by atoms with Crippen molar-refractivity contribution in [2.75, 3.05) is 4.90 Å². The van der Waals surface area contributed by atoms with Crippen LogP contribution in [0, 0.1) is 27.9 Å². The molecule has 0 aromatic heterocycles. The molecule has 0 saturated carbocycles. The molecule has 248 valence electrons. The maximum atomic E-state index is 14.1. The van der Waals surface area contributed by atoms with E-state index in [0.29, 0.717) is 19.3 Å². The molecular formula is C39H37BN2O7. The number of phenols is 1. The van der Waals surface area contributed by atoms with Gasteiger partial charge in [0.15, 0.2) is 0 Å². The number of nitrogens with zero attached hydrogens (tertiary/aromatic N) is 2. The van der Waals surface area contributed by atoms with E-state index in [9.17, 15) is 29.8 Å². The Morgan fingerprint density at radius 3 is 2.49 bits per heavy atom. The SMILES string of the molecule is CCCC1=C2[C@@H](CC/C(=C/c3ccc(O)c4ccccc34)c3ccccc3)OB(O)C[C@@H]2[C@@H]2C(=O)N(c3cccc([N+](=O)[O-])c3)C(=O)[C@@H]2C1. The Morgan fingerprint density at radius 1 is 0.980 bits per heavy atom. The zero-order valence-electron chi connectivity index (χ0n) is 27.2. The molecule has 4 aromatic rings. The number of benzene rings is 4. The maximum absolute atomic E-state index is 14.1. The summed E-state index contributed by atoms with van der Waals surface area (Å²) in [5.41, 5.74) is 5.19. The van der Waals surface area contributed by atoms with Crippen molar-refractivity contribution in [2.24, 2.45) is 17.8 Å². The lowest BCUT2D eigenvalue weighted by Crippen LogP contribution is -2.46. The van der Waals surface area contributed by atoms with E-state index in [1.807, 2.05) is 48.5 Å². The number of carbonyl (C=O) groups excluding carboxylic acids is 2. The van der Waals surface area contributed by atoms with Gasteiger partial charge in [-0.05, 0) is 77.7 Å². The maximum Gasteiger partial charge on any atom is 0.455 e. The van der Waals surface area contributed by atoms with Gasteiger partial charge < -0.3 is 14.8 Å². The lowest BCUT2D eigenvalue weighted by atomic mass is 9.58. The Bertz CT molecular complexity index is 2010. The Balaban J connectivity index is 1.23. The van der Waals surface area contributed by atoms with Crippen molar-refractivity contribution in [2.45, 2.75) is 51.5 Å². The quantitative estimate of drug-likeness (QED) is 0.0475. The van der Waals surface area contributed by atoms with Crippen LogP contribution >= 0.6 is 0 Å². The van der Waals surface area contributed by atoms with E-state index in [1.54, 1.807) is 12.1 Å². The average Bonchev–Trinajstić information content (AvgIpc) is 3.36. The van der Waals surface area contributed by atoms with Gasteiger partial charge in [-0.25, -0.2) is 4.90 Å². The minimum Gasteiger partial charge on any atom is -0.507 e. The fraction of sp³-hybridized carbons (Fsp3) is 0.282. The largest absolute Gasteiger partial charge is 0.507 e. The molecule has 0 unspecified atom stereocenters. The van der Waals surface area contributed by atoms with Gasteiger partial charge in [0.1, 0.15) is 5.75 Å². The molecule has 2 saturated heterocycles. The summed E-state index contributed by atoms with van der Waals surface area (Å²) in [6.07, 6.45) is 5.02. The van der Waals surface area contributed by atoms with Gasteiger partial charge in [0, 0.05) is 17.5 Å². The summed E-state index contributed by atoms with van der Waals surface area (Å²) in [6, 6.07) is 27.1. The van der Waals surface area contributed by atoms with Gasteiger partial charge in [-0.15, -0.1) is 0 Å². The van der Waals surface area contributed by atoms with E-state index in [2.05, 4.69) is 25.1 Å². The van der Waals surface area contributed by atoms with E-state index in [4.69, 9.17) is 4.65 Å². The predicted octanol–water partition coefficient (Wildman–Crippen LogP) is 7.58. The summed E-state index contributed by atoms with van der Waals surface area (Å²) in [7, 11) is -1.11. The van der Waals surface area contributed by atoms with Crippen LogP contribution in [0.4, 0.5) is 11.4 Å². The molecule has 7 rings (SSSR count). The predicted molar refractivity (Wildman–Crippen MR) is 189 cm³/mol. The molecule has 2 aliphatic heterocycles. The number of rotatable bonds is 9. The summed E-state index contributed by atoms with van der Waals surface area (Å²) < 4.78 is 6.27. The van der Waals surface area contributed by atoms with E-state index in [1.165, 1.54) is 18.2 Å². The Morgan fingerprint density at radius 2 is 1.73 bits per heavy atom. The van der Waals surface area contributed by atoms with Gasteiger partial charge in [-0.1, -0.05) is 91.7 Å². The fourth-order valence-electron chi connectivity index (χ4n) is 8.16. The molecule has 4 aromatic carbocycles. The monoisotopic (exact) mass is 656 g/mol. The van der Waals surface area contributed by atoms with Crippen LogP contribution in [0.3, 0.4) is 0 Å².